The molecule has 0 radical (unpaired) electrons. The minimum Gasteiger partial charge on any atom is -0.489 e. The van der Waals surface area contributed by atoms with Crippen molar-refractivity contribution in [2.75, 3.05) is 25.0 Å². The molecule has 0 bridgehead atoms. The molecule has 1 aromatic heterocycles. The van der Waals surface area contributed by atoms with Crippen LogP contribution in [0.3, 0.4) is 0 Å². The lowest BCUT2D eigenvalue weighted by Crippen LogP contribution is -2.47. The van der Waals surface area contributed by atoms with Gasteiger partial charge in [-0.25, -0.2) is 4.98 Å². The van der Waals surface area contributed by atoms with E-state index in [1.54, 1.807) is 11.4 Å². The number of carbonyl (C=O) groups excluding carboxylic acids is 2. The number of benzene rings is 3. The van der Waals surface area contributed by atoms with Crippen LogP contribution in [0.2, 0.25) is 5.02 Å². The van der Waals surface area contributed by atoms with E-state index in [-0.39, 0.29) is 11.8 Å². The third kappa shape index (κ3) is 6.98. The van der Waals surface area contributed by atoms with Gasteiger partial charge in [0.05, 0.1) is 11.6 Å². The molecule has 3 aromatic carbocycles. The van der Waals surface area contributed by atoms with Gasteiger partial charge >= 0.3 is 0 Å². The van der Waals surface area contributed by atoms with Crippen molar-refractivity contribution in [3.63, 3.8) is 0 Å². The van der Waals surface area contributed by atoms with Gasteiger partial charge in [-0.2, -0.15) is 0 Å². The van der Waals surface area contributed by atoms with Crippen molar-refractivity contribution in [1.82, 2.24) is 15.2 Å². The fraction of sp³-hybridized carbons (Fsp3) is 0.207. The predicted octanol–water partition coefficient (Wildman–Crippen LogP) is 5.15. The maximum absolute atomic E-state index is 12.8. The lowest BCUT2D eigenvalue weighted by atomic mass is 10.1. The molecule has 2 N–H and O–H groups in total. The van der Waals surface area contributed by atoms with E-state index in [0.29, 0.717) is 49.1 Å². The van der Waals surface area contributed by atoms with E-state index < -0.39 is 0 Å². The van der Waals surface area contributed by atoms with Crippen molar-refractivity contribution in [1.29, 1.82) is 0 Å². The van der Waals surface area contributed by atoms with Crippen LogP contribution in [0.1, 0.15) is 32.2 Å². The van der Waals surface area contributed by atoms with E-state index >= 15 is 0 Å². The Morgan fingerprint density at radius 1 is 1.08 bits per heavy atom. The van der Waals surface area contributed by atoms with Gasteiger partial charge in [-0.15, -0.1) is 11.3 Å². The minimum absolute atomic E-state index is 0.0501. The number of hydrogen-bond acceptors (Lipinski definition) is 6. The first-order chi connectivity index (χ1) is 18.5. The monoisotopic (exact) mass is 546 g/mol. The lowest BCUT2D eigenvalue weighted by Gasteiger charge is -2.26. The van der Waals surface area contributed by atoms with Crippen LogP contribution >= 0.6 is 22.9 Å². The molecular weight excluding hydrogens is 520 g/mol. The van der Waals surface area contributed by atoms with Gasteiger partial charge in [0, 0.05) is 47.7 Å². The highest BCUT2D eigenvalue weighted by atomic mass is 35.5. The summed E-state index contributed by atoms with van der Waals surface area (Å²) in [4.78, 5) is 31.1. The fourth-order valence-electron chi connectivity index (χ4n) is 4.19. The molecule has 194 valence electrons. The summed E-state index contributed by atoms with van der Waals surface area (Å²) in [5, 5.41) is 8.92. The number of aromatic nitrogens is 1. The van der Waals surface area contributed by atoms with Gasteiger partial charge in [0.2, 0.25) is 5.91 Å². The van der Waals surface area contributed by atoms with Crippen molar-refractivity contribution >= 4 is 40.4 Å². The van der Waals surface area contributed by atoms with E-state index in [2.05, 4.69) is 20.5 Å². The summed E-state index contributed by atoms with van der Waals surface area (Å²) < 4.78 is 6.06. The van der Waals surface area contributed by atoms with Crippen molar-refractivity contribution in [2.24, 2.45) is 0 Å². The van der Waals surface area contributed by atoms with Crippen LogP contribution in [0.25, 0.3) is 0 Å². The molecule has 0 aliphatic carbocycles. The molecule has 0 unspecified atom stereocenters. The van der Waals surface area contributed by atoms with Crippen molar-refractivity contribution in [3.05, 3.63) is 111 Å². The second-order valence-corrected chi connectivity index (χ2v) is 10.4. The van der Waals surface area contributed by atoms with Crippen molar-refractivity contribution in [3.8, 4) is 5.75 Å². The van der Waals surface area contributed by atoms with E-state index in [9.17, 15) is 9.59 Å². The molecule has 5 rings (SSSR count). The molecule has 0 spiro atoms. The smallest absolute Gasteiger partial charge is 0.275 e. The molecule has 1 saturated heterocycles. The zero-order chi connectivity index (χ0) is 26.3. The number of nitrogens with one attached hydrogen (secondary N) is 2. The Morgan fingerprint density at radius 2 is 1.89 bits per heavy atom. The molecule has 0 saturated carbocycles. The summed E-state index contributed by atoms with van der Waals surface area (Å²) in [6.07, 6.45) is 0.506. The summed E-state index contributed by atoms with van der Waals surface area (Å²) >= 11 is 7.69. The third-order valence-electron chi connectivity index (χ3n) is 6.12. The molecule has 1 aliphatic heterocycles. The minimum atomic E-state index is -0.264. The first-order valence-corrected chi connectivity index (χ1v) is 13.6. The SMILES string of the molecule is O=C1CN(Cc2ccc(NC(=O)c3csc(Cc4cc(Cl)ccc4OCc4ccccc4)n3)cc2)CCN1. The number of rotatable bonds is 9. The van der Waals surface area contributed by atoms with Crippen LogP contribution in [0.4, 0.5) is 5.69 Å². The number of carbonyl (C=O) groups is 2. The first kappa shape index (κ1) is 25.9. The largest absolute Gasteiger partial charge is 0.489 e. The molecule has 9 heteroatoms. The molecule has 2 amide bonds. The van der Waals surface area contributed by atoms with E-state index in [1.807, 2.05) is 66.7 Å². The standard InChI is InChI=1S/C29H27ClN4O3S/c30-23-8-11-26(37-18-21-4-2-1-3-5-21)22(14-23)15-28-33-25(19-38-28)29(36)32-24-9-6-20(7-10-24)16-34-13-12-31-27(35)17-34/h1-11,14,19H,12-13,15-18H2,(H,31,35)(H,32,36). The fourth-order valence-corrected chi connectivity index (χ4v) is 5.19. The highest BCUT2D eigenvalue weighted by molar-refractivity contribution is 7.09. The zero-order valence-corrected chi connectivity index (χ0v) is 22.2. The maximum atomic E-state index is 12.8. The number of ether oxygens (including phenoxy) is 1. The van der Waals surface area contributed by atoms with Crippen LogP contribution in [-0.4, -0.2) is 41.3 Å². The summed E-state index contributed by atoms with van der Waals surface area (Å²) in [5.41, 5.74) is 4.13. The van der Waals surface area contributed by atoms with Gasteiger partial charge in [-0.05, 0) is 41.5 Å². The van der Waals surface area contributed by atoms with Gasteiger partial charge in [0.15, 0.2) is 0 Å². The Hall–Kier alpha value is -3.72. The van der Waals surface area contributed by atoms with Crippen LogP contribution in [-0.2, 0) is 24.4 Å². The Kier molecular flexibility index (Phi) is 8.33. The van der Waals surface area contributed by atoms with Gasteiger partial charge in [-0.3, -0.25) is 14.5 Å². The van der Waals surface area contributed by atoms with Gasteiger partial charge in [0.25, 0.3) is 5.91 Å². The number of nitrogens with zero attached hydrogens (tertiary/aromatic N) is 2. The Balaban J connectivity index is 1.19. The molecule has 4 aromatic rings. The molecule has 2 heterocycles. The highest BCUT2D eigenvalue weighted by Gasteiger charge is 2.17. The van der Waals surface area contributed by atoms with Crippen LogP contribution < -0.4 is 15.4 Å². The lowest BCUT2D eigenvalue weighted by molar-refractivity contribution is -0.124. The number of piperazine rings is 1. The maximum Gasteiger partial charge on any atom is 0.275 e. The Bertz CT molecular complexity index is 1410. The molecular formula is C29H27ClN4O3S. The summed E-state index contributed by atoms with van der Waals surface area (Å²) in [7, 11) is 0. The third-order valence-corrected chi connectivity index (χ3v) is 7.21. The number of hydrogen-bond donors (Lipinski definition) is 2. The summed E-state index contributed by atoms with van der Waals surface area (Å²) in [6.45, 7) is 3.04. The molecule has 38 heavy (non-hydrogen) atoms. The van der Waals surface area contributed by atoms with Crippen molar-refractivity contribution in [2.45, 2.75) is 19.6 Å². The topological polar surface area (TPSA) is 83.6 Å². The molecule has 7 nitrogen and oxygen atoms in total. The van der Waals surface area contributed by atoms with Gasteiger partial charge in [0.1, 0.15) is 18.1 Å². The second kappa shape index (κ2) is 12.2. The first-order valence-electron chi connectivity index (χ1n) is 12.3. The summed E-state index contributed by atoms with van der Waals surface area (Å²) in [6, 6.07) is 23.2. The molecule has 1 fully saturated rings. The van der Waals surface area contributed by atoms with E-state index in [1.165, 1.54) is 11.3 Å². The normalized spacial score (nSPS) is 13.7. The van der Waals surface area contributed by atoms with Crippen LogP contribution in [0.5, 0.6) is 5.75 Å². The van der Waals surface area contributed by atoms with Crippen LogP contribution in [0, 0.1) is 0 Å². The Labute approximate surface area is 230 Å². The number of anilines is 1. The second-order valence-electron chi connectivity index (χ2n) is 9.04. The Morgan fingerprint density at radius 3 is 2.68 bits per heavy atom. The van der Waals surface area contributed by atoms with Gasteiger partial charge in [-0.1, -0.05) is 54.1 Å². The number of amides is 2. The zero-order valence-electron chi connectivity index (χ0n) is 20.7. The van der Waals surface area contributed by atoms with E-state index in [4.69, 9.17) is 16.3 Å². The summed E-state index contributed by atoms with van der Waals surface area (Å²) in [5.74, 6) is 0.526. The average molecular weight is 547 g/mol. The predicted molar refractivity (Wildman–Crippen MR) is 150 cm³/mol. The number of halogens is 1. The quantitative estimate of drug-likeness (QED) is 0.303. The molecule has 0 atom stereocenters. The molecule has 1 aliphatic rings. The van der Waals surface area contributed by atoms with Crippen molar-refractivity contribution < 1.29 is 14.3 Å². The van der Waals surface area contributed by atoms with Gasteiger partial charge < -0.3 is 15.4 Å². The average Bonchev–Trinajstić information content (AvgIpc) is 3.39. The number of thiazole rings is 1. The van der Waals surface area contributed by atoms with Crippen LogP contribution in [0.15, 0.2) is 78.2 Å². The highest BCUT2D eigenvalue weighted by Crippen LogP contribution is 2.27. The van der Waals surface area contributed by atoms with E-state index in [0.717, 1.165) is 34.0 Å².